The van der Waals surface area contributed by atoms with E-state index in [0.717, 1.165) is 38.8 Å². The molecule has 0 spiro atoms. The lowest BCUT2D eigenvalue weighted by molar-refractivity contribution is 0.0208. The molecule has 6 heteroatoms. The first-order valence-corrected chi connectivity index (χ1v) is 10.2. The SMILES string of the molecule is CCNC(=NCC1(N2CCCCC2)CCN(C)CC1)NCCOCC. The van der Waals surface area contributed by atoms with Crippen molar-refractivity contribution in [2.45, 2.75) is 51.5 Å². The molecule has 2 rings (SSSR count). The van der Waals surface area contributed by atoms with Crippen LogP contribution in [0.2, 0.25) is 0 Å². The van der Waals surface area contributed by atoms with Gasteiger partial charge in [0.15, 0.2) is 5.96 Å². The van der Waals surface area contributed by atoms with E-state index in [1.807, 2.05) is 6.92 Å². The molecule has 0 atom stereocenters. The fourth-order valence-corrected chi connectivity index (χ4v) is 3.93. The van der Waals surface area contributed by atoms with Crippen LogP contribution in [0.1, 0.15) is 46.0 Å². The molecule has 0 unspecified atom stereocenters. The molecule has 6 nitrogen and oxygen atoms in total. The Morgan fingerprint density at radius 3 is 2.40 bits per heavy atom. The van der Waals surface area contributed by atoms with Crippen molar-refractivity contribution < 1.29 is 4.74 Å². The standard InChI is InChI=1S/C19H39N5O/c1-4-20-18(21-11-16-25-5-2)22-17-19(9-14-23(3)15-10-19)24-12-7-6-8-13-24/h4-17H2,1-3H3,(H2,20,21,22). The van der Waals surface area contributed by atoms with E-state index < -0.39 is 0 Å². The molecule has 0 aromatic heterocycles. The Kier molecular flexibility index (Phi) is 8.99. The second kappa shape index (κ2) is 11.0. The van der Waals surface area contributed by atoms with Gasteiger partial charge >= 0.3 is 0 Å². The number of hydrogen-bond donors (Lipinski definition) is 2. The molecule has 2 aliphatic rings. The minimum Gasteiger partial charge on any atom is -0.380 e. The first kappa shape index (κ1) is 20.5. The number of guanidine groups is 1. The minimum absolute atomic E-state index is 0.245. The molecule has 0 aromatic carbocycles. The van der Waals surface area contributed by atoms with E-state index in [-0.39, 0.29) is 5.54 Å². The first-order valence-electron chi connectivity index (χ1n) is 10.2. The second-order valence-corrected chi connectivity index (χ2v) is 7.39. The number of aliphatic imine (C=N–C) groups is 1. The third kappa shape index (κ3) is 6.42. The highest BCUT2D eigenvalue weighted by molar-refractivity contribution is 5.79. The fourth-order valence-electron chi connectivity index (χ4n) is 3.93. The van der Waals surface area contributed by atoms with Gasteiger partial charge in [-0.2, -0.15) is 0 Å². The van der Waals surface area contributed by atoms with Crippen molar-refractivity contribution in [1.82, 2.24) is 20.4 Å². The van der Waals surface area contributed by atoms with Crippen LogP contribution < -0.4 is 10.6 Å². The van der Waals surface area contributed by atoms with E-state index in [1.165, 1.54) is 58.3 Å². The van der Waals surface area contributed by atoms with Gasteiger partial charge in [0.25, 0.3) is 0 Å². The third-order valence-corrected chi connectivity index (χ3v) is 5.56. The summed E-state index contributed by atoms with van der Waals surface area (Å²) in [6.07, 6.45) is 6.52. The molecular formula is C19H39N5O. The number of hydrogen-bond acceptors (Lipinski definition) is 4. The van der Waals surface area contributed by atoms with Crippen LogP contribution in [0, 0.1) is 0 Å². The topological polar surface area (TPSA) is 52.1 Å². The molecule has 0 aromatic rings. The van der Waals surface area contributed by atoms with Gasteiger partial charge in [0.1, 0.15) is 0 Å². The van der Waals surface area contributed by atoms with Crippen molar-refractivity contribution in [1.29, 1.82) is 0 Å². The minimum atomic E-state index is 0.245. The summed E-state index contributed by atoms with van der Waals surface area (Å²) in [6, 6.07) is 0. The second-order valence-electron chi connectivity index (χ2n) is 7.39. The van der Waals surface area contributed by atoms with Crippen LogP contribution in [0.15, 0.2) is 4.99 Å². The van der Waals surface area contributed by atoms with Crippen molar-refractivity contribution in [2.24, 2.45) is 4.99 Å². The summed E-state index contributed by atoms with van der Waals surface area (Å²) in [6.45, 7) is 13.1. The maximum Gasteiger partial charge on any atom is 0.191 e. The molecule has 2 heterocycles. The predicted octanol–water partition coefficient (Wildman–Crippen LogP) is 1.53. The smallest absolute Gasteiger partial charge is 0.191 e. The van der Waals surface area contributed by atoms with Crippen LogP contribution in [0.25, 0.3) is 0 Å². The average molecular weight is 354 g/mol. The largest absolute Gasteiger partial charge is 0.380 e. The van der Waals surface area contributed by atoms with Crippen LogP contribution in [-0.2, 0) is 4.74 Å². The molecular weight excluding hydrogens is 314 g/mol. The summed E-state index contributed by atoms with van der Waals surface area (Å²) >= 11 is 0. The molecule has 0 radical (unpaired) electrons. The highest BCUT2D eigenvalue weighted by atomic mass is 16.5. The van der Waals surface area contributed by atoms with Gasteiger partial charge < -0.3 is 20.3 Å². The first-order chi connectivity index (χ1) is 12.2. The molecule has 146 valence electrons. The number of rotatable bonds is 8. The molecule has 2 saturated heterocycles. The van der Waals surface area contributed by atoms with Gasteiger partial charge in [-0.05, 0) is 72.8 Å². The number of nitrogens with one attached hydrogen (secondary N) is 2. The van der Waals surface area contributed by atoms with Gasteiger partial charge in [-0.1, -0.05) is 6.42 Å². The van der Waals surface area contributed by atoms with Gasteiger partial charge in [0, 0.05) is 25.2 Å². The zero-order valence-electron chi connectivity index (χ0n) is 16.6. The van der Waals surface area contributed by atoms with Crippen molar-refractivity contribution in [3.05, 3.63) is 0 Å². The fraction of sp³-hybridized carbons (Fsp3) is 0.947. The van der Waals surface area contributed by atoms with Crippen molar-refractivity contribution in [3.63, 3.8) is 0 Å². The lowest BCUT2D eigenvalue weighted by Gasteiger charge is -2.49. The number of ether oxygens (including phenoxy) is 1. The van der Waals surface area contributed by atoms with E-state index in [0.29, 0.717) is 0 Å². The van der Waals surface area contributed by atoms with Gasteiger partial charge in [-0.15, -0.1) is 0 Å². The van der Waals surface area contributed by atoms with E-state index in [1.54, 1.807) is 0 Å². The van der Waals surface area contributed by atoms with Crippen LogP contribution >= 0.6 is 0 Å². The van der Waals surface area contributed by atoms with Crippen LogP contribution in [0.5, 0.6) is 0 Å². The maximum absolute atomic E-state index is 5.42. The van der Waals surface area contributed by atoms with Crippen molar-refractivity contribution in [3.8, 4) is 0 Å². The van der Waals surface area contributed by atoms with Crippen LogP contribution in [0.3, 0.4) is 0 Å². The van der Waals surface area contributed by atoms with E-state index >= 15 is 0 Å². The quantitative estimate of drug-likeness (QED) is 0.394. The molecule has 0 saturated carbocycles. The zero-order chi connectivity index (χ0) is 18.0. The highest BCUT2D eigenvalue weighted by Crippen LogP contribution is 2.31. The van der Waals surface area contributed by atoms with Gasteiger partial charge in [0.05, 0.1) is 13.2 Å². The summed E-state index contributed by atoms with van der Waals surface area (Å²) in [5.41, 5.74) is 0.245. The van der Waals surface area contributed by atoms with Gasteiger partial charge in [-0.25, -0.2) is 0 Å². The molecule has 0 amide bonds. The number of nitrogens with zero attached hydrogens (tertiary/aromatic N) is 3. The Labute approximate surface area is 154 Å². The monoisotopic (exact) mass is 353 g/mol. The summed E-state index contributed by atoms with van der Waals surface area (Å²) in [7, 11) is 2.24. The predicted molar refractivity (Wildman–Crippen MR) is 105 cm³/mol. The van der Waals surface area contributed by atoms with Gasteiger partial charge in [0.2, 0.25) is 0 Å². The normalized spacial score (nSPS) is 22.8. The zero-order valence-corrected chi connectivity index (χ0v) is 16.6. The Morgan fingerprint density at radius 1 is 1.04 bits per heavy atom. The van der Waals surface area contributed by atoms with Crippen molar-refractivity contribution >= 4 is 5.96 Å². The maximum atomic E-state index is 5.42. The van der Waals surface area contributed by atoms with Gasteiger partial charge in [-0.3, -0.25) is 9.89 Å². The average Bonchev–Trinajstić information content (AvgIpc) is 2.65. The van der Waals surface area contributed by atoms with E-state index in [2.05, 4.69) is 34.4 Å². The highest BCUT2D eigenvalue weighted by Gasteiger charge is 2.39. The van der Waals surface area contributed by atoms with Crippen LogP contribution in [-0.4, -0.2) is 87.4 Å². The van der Waals surface area contributed by atoms with Crippen molar-refractivity contribution in [2.75, 3.05) is 66.1 Å². The lowest BCUT2D eigenvalue weighted by atomic mass is 9.84. The summed E-state index contributed by atoms with van der Waals surface area (Å²) in [5.74, 6) is 0.928. The summed E-state index contributed by atoms with van der Waals surface area (Å²) in [5, 5.41) is 6.79. The number of likely N-dealkylation sites (tertiary alicyclic amines) is 2. The Morgan fingerprint density at radius 2 is 1.76 bits per heavy atom. The molecule has 25 heavy (non-hydrogen) atoms. The lowest BCUT2D eigenvalue weighted by Crippen LogP contribution is -2.58. The van der Waals surface area contributed by atoms with Crippen LogP contribution in [0.4, 0.5) is 0 Å². The molecule has 0 bridgehead atoms. The molecule has 2 aliphatic heterocycles. The van der Waals surface area contributed by atoms with E-state index in [4.69, 9.17) is 9.73 Å². The van der Waals surface area contributed by atoms with E-state index in [9.17, 15) is 0 Å². The molecule has 2 fully saturated rings. The molecule has 0 aliphatic carbocycles. The number of piperidine rings is 2. The Bertz CT molecular complexity index is 387. The third-order valence-electron chi connectivity index (χ3n) is 5.56. The Balaban J connectivity index is 2.00. The summed E-state index contributed by atoms with van der Waals surface area (Å²) in [4.78, 5) is 10.2. The summed E-state index contributed by atoms with van der Waals surface area (Å²) < 4.78 is 5.42. The Hall–Kier alpha value is -0.850. The molecule has 2 N–H and O–H groups in total.